The summed E-state index contributed by atoms with van der Waals surface area (Å²) in [5.41, 5.74) is 20.8. The maximum atomic E-state index is 2.54. The molecule has 0 aliphatic rings. The molecule has 2 heteroatoms. The van der Waals surface area contributed by atoms with Crippen LogP contribution in [0.5, 0.6) is 0 Å². The van der Waals surface area contributed by atoms with Crippen LogP contribution in [-0.2, 0) is 0 Å². The maximum absolute atomic E-state index is 2.54. The van der Waals surface area contributed by atoms with E-state index in [4.69, 9.17) is 0 Å². The number of hydrogen-bond acceptors (Lipinski definition) is 0. The Morgan fingerprint density at radius 3 is 1.14 bits per heavy atom. The monoisotopic (exact) mass is 566 g/mol. The Hall–Kier alpha value is -5.08. The van der Waals surface area contributed by atoms with E-state index in [1.165, 1.54) is 110 Å². The highest BCUT2D eigenvalue weighted by molar-refractivity contribution is 6.26. The van der Waals surface area contributed by atoms with Crippen molar-refractivity contribution < 1.29 is 0 Å². The molecule has 2 nitrogen and oxygen atoms in total. The average Bonchev–Trinajstić information content (AvgIpc) is 3.52. The molecule has 9 rings (SSSR count). The Kier molecular flexibility index (Phi) is 5.05. The molecule has 44 heavy (non-hydrogen) atoms. The molecular weight excluding hydrogens is 532 g/mol. The summed E-state index contributed by atoms with van der Waals surface area (Å²) >= 11 is 0. The lowest BCUT2D eigenvalue weighted by atomic mass is 9.90. The number of benzene rings is 6. The van der Waals surface area contributed by atoms with Crippen LogP contribution in [0.15, 0.2) is 97.1 Å². The SMILES string of the molecule is Cc1cc(C)c(-c2ccc3c4c2c2ccccc2n4c2ccc(-c4c(C)cc(C)cc4C)c4c5ccccc5n3c42)c(C)c1. The van der Waals surface area contributed by atoms with Gasteiger partial charge in [0.1, 0.15) is 0 Å². The largest absolute Gasteiger partial charge is 0.305 e. The van der Waals surface area contributed by atoms with Crippen LogP contribution >= 0.6 is 0 Å². The Morgan fingerprint density at radius 2 is 0.750 bits per heavy atom. The Bertz CT molecular complexity index is 2430. The molecule has 9 aromatic rings. The maximum Gasteiger partial charge on any atom is 0.0789 e. The van der Waals surface area contributed by atoms with E-state index in [2.05, 4.69) is 147 Å². The van der Waals surface area contributed by atoms with E-state index in [0.29, 0.717) is 0 Å². The van der Waals surface area contributed by atoms with Crippen molar-refractivity contribution in [3.63, 3.8) is 0 Å². The van der Waals surface area contributed by atoms with Gasteiger partial charge < -0.3 is 8.80 Å². The lowest BCUT2D eigenvalue weighted by Gasteiger charge is -2.17. The fourth-order valence-corrected chi connectivity index (χ4v) is 8.65. The van der Waals surface area contributed by atoms with Gasteiger partial charge in [0.2, 0.25) is 0 Å². The van der Waals surface area contributed by atoms with Gasteiger partial charge in [0.25, 0.3) is 0 Å². The smallest absolute Gasteiger partial charge is 0.0789 e. The summed E-state index contributed by atoms with van der Waals surface area (Å²) in [6, 6.07) is 36.7. The Balaban J connectivity index is 1.56. The van der Waals surface area contributed by atoms with E-state index in [1.54, 1.807) is 0 Å². The van der Waals surface area contributed by atoms with Crippen molar-refractivity contribution in [1.82, 2.24) is 8.80 Å². The highest BCUT2D eigenvalue weighted by Gasteiger charge is 2.25. The van der Waals surface area contributed by atoms with Gasteiger partial charge in [-0.2, -0.15) is 0 Å². The van der Waals surface area contributed by atoms with Crippen molar-refractivity contribution in [2.45, 2.75) is 41.5 Å². The molecule has 0 amide bonds. The standard InChI is InChI=1S/C42H34N2/c1-23-19-25(3)37(26(4)20-23)31-15-17-35-41-39(31)29-11-7-9-13-33(29)43(41)36-18-16-32(38-27(5)21-24(2)22-28(38)6)40-30-12-8-10-14-34(30)44(35)42(36)40/h7-22H,1-6H3. The zero-order valence-corrected chi connectivity index (χ0v) is 26.1. The second-order valence-electron chi connectivity index (χ2n) is 13.0. The van der Waals surface area contributed by atoms with E-state index in [1.807, 2.05) is 0 Å². The zero-order valence-electron chi connectivity index (χ0n) is 26.1. The van der Waals surface area contributed by atoms with E-state index in [9.17, 15) is 0 Å². The number of aryl methyl sites for hydroxylation is 6. The second kappa shape index (κ2) is 8.74. The van der Waals surface area contributed by atoms with Crippen LogP contribution in [0.2, 0.25) is 0 Å². The predicted octanol–water partition coefficient (Wildman–Crippen LogP) is 11.4. The lowest BCUT2D eigenvalue weighted by molar-refractivity contribution is 1.25. The number of rotatable bonds is 2. The number of para-hydroxylation sites is 2. The first-order valence-electron chi connectivity index (χ1n) is 15.6. The van der Waals surface area contributed by atoms with Crippen LogP contribution in [0.3, 0.4) is 0 Å². The van der Waals surface area contributed by atoms with Gasteiger partial charge in [-0.1, -0.05) is 83.9 Å². The summed E-state index contributed by atoms with van der Waals surface area (Å²) in [6.45, 7) is 13.4. The molecule has 0 saturated carbocycles. The highest BCUT2D eigenvalue weighted by atomic mass is 15.0. The van der Waals surface area contributed by atoms with Gasteiger partial charge in [-0.25, -0.2) is 0 Å². The molecule has 0 radical (unpaired) electrons. The minimum atomic E-state index is 1.25. The van der Waals surface area contributed by atoms with Crippen molar-refractivity contribution in [3.05, 3.63) is 130 Å². The average molecular weight is 567 g/mol. The fraction of sp³-hybridized carbons (Fsp3) is 0.143. The predicted molar refractivity (Wildman–Crippen MR) is 189 cm³/mol. The number of fused-ring (bicyclic) bond motifs is 8. The van der Waals surface area contributed by atoms with Crippen molar-refractivity contribution in [1.29, 1.82) is 0 Å². The highest BCUT2D eigenvalue weighted by Crippen LogP contribution is 2.47. The summed E-state index contributed by atoms with van der Waals surface area (Å²) in [5, 5.41) is 5.27. The first-order chi connectivity index (χ1) is 21.3. The molecule has 3 heterocycles. The first kappa shape index (κ1) is 25.4. The quantitative estimate of drug-likeness (QED) is 0.184. The van der Waals surface area contributed by atoms with Gasteiger partial charge in [-0.15, -0.1) is 0 Å². The van der Waals surface area contributed by atoms with Crippen molar-refractivity contribution in [3.8, 4) is 22.3 Å². The summed E-state index contributed by atoms with van der Waals surface area (Å²) in [6.07, 6.45) is 0. The normalized spacial score (nSPS) is 12.3. The topological polar surface area (TPSA) is 8.82 Å². The molecule has 212 valence electrons. The lowest BCUT2D eigenvalue weighted by Crippen LogP contribution is -1.99. The van der Waals surface area contributed by atoms with E-state index < -0.39 is 0 Å². The van der Waals surface area contributed by atoms with Crippen LogP contribution in [-0.4, -0.2) is 8.80 Å². The molecule has 6 aromatic carbocycles. The van der Waals surface area contributed by atoms with Gasteiger partial charge in [0.15, 0.2) is 0 Å². The van der Waals surface area contributed by atoms with Crippen molar-refractivity contribution in [2.75, 3.05) is 0 Å². The minimum absolute atomic E-state index is 1.25. The third-order valence-electron chi connectivity index (χ3n) is 9.96. The minimum Gasteiger partial charge on any atom is -0.305 e. The molecule has 0 fully saturated rings. The zero-order chi connectivity index (χ0) is 30.0. The summed E-state index contributed by atoms with van der Waals surface area (Å²) in [4.78, 5) is 0. The van der Waals surface area contributed by atoms with Gasteiger partial charge in [-0.3, -0.25) is 0 Å². The van der Waals surface area contributed by atoms with E-state index in [-0.39, 0.29) is 0 Å². The molecule has 0 saturated heterocycles. The third kappa shape index (κ3) is 3.15. The Labute approximate surface area is 257 Å². The first-order valence-corrected chi connectivity index (χ1v) is 15.6. The van der Waals surface area contributed by atoms with E-state index in [0.717, 1.165) is 0 Å². The summed E-state index contributed by atoms with van der Waals surface area (Å²) < 4.78 is 5.09. The summed E-state index contributed by atoms with van der Waals surface area (Å²) in [7, 11) is 0. The van der Waals surface area contributed by atoms with Gasteiger partial charge in [0, 0.05) is 21.5 Å². The molecule has 0 N–H and O–H groups in total. The summed E-state index contributed by atoms with van der Waals surface area (Å²) in [5.74, 6) is 0. The molecule has 0 atom stereocenters. The van der Waals surface area contributed by atoms with Crippen LogP contribution in [0, 0.1) is 41.5 Å². The van der Waals surface area contributed by atoms with Crippen LogP contribution < -0.4 is 0 Å². The second-order valence-corrected chi connectivity index (χ2v) is 13.0. The van der Waals surface area contributed by atoms with Gasteiger partial charge in [-0.05, 0) is 110 Å². The number of nitrogens with zero attached hydrogens (tertiary/aromatic N) is 2. The molecule has 0 spiro atoms. The van der Waals surface area contributed by atoms with Gasteiger partial charge in [0.05, 0.1) is 33.1 Å². The van der Waals surface area contributed by atoms with Crippen LogP contribution in [0.25, 0.3) is 76.9 Å². The number of aromatic nitrogens is 2. The number of hydrogen-bond donors (Lipinski definition) is 0. The molecule has 0 aliphatic carbocycles. The van der Waals surface area contributed by atoms with Crippen molar-refractivity contribution in [2.24, 2.45) is 0 Å². The molecule has 3 aromatic heterocycles. The molecule has 0 unspecified atom stereocenters. The van der Waals surface area contributed by atoms with E-state index >= 15 is 0 Å². The van der Waals surface area contributed by atoms with Crippen LogP contribution in [0.1, 0.15) is 33.4 Å². The third-order valence-corrected chi connectivity index (χ3v) is 9.96. The molecular formula is C42H34N2. The fourth-order valence-electron chi connectivity index (χ4n) is 8.65. The molecule has 0 bridgehead atoms. The van der Waals surface area contributed by atoms with Crippen LogP contribution in [0.4, 0.5) is 0 Å². The van der Waals surface area contributed by atoms with Crippen molar-refractivity contribution >= 4 is 54.6 Å². The molecule has 0 aliphatic heterocycles. The Morgan fingerprint density at radius 1 is 0.386 bits per heavy atom. The van der Waals surface area contributed by atoms with Gasteiger partial charge >= 0.3 is 0 Å².